The second kappa shape index (κ2) is 9.80. The quantitative estimate of drug-likeness (QED) is 0.760. The van der Waals surface area contributed by atoms with Crippen LogP contribution in [-0.2, 0) is 16.6 Å². The van der Waals surface area contributed by atoms with Crippen LogP contribution in [0.1, 0.15) is 51.2 Å². The molecule has 0 bridgehead atoms. The van der Waals surface area contributed by atoms with Crippen LogP contribution in [0.15, 0.2) is 24.3 Å². The third-order valence-corrected chi connectivity index (χ3v) is 3.41. The van der Waals surface area contributed by atoms with E-state index in [1.165, 1.54) is 11.1 Å². The minimum Gasteiger partial charge on any atom is -0.356 e. The number of halogens is 1. The number of rotatable bonds is 7. The molecule has 1 rings (SSSR count). The zero-order valence-electron chi connectivity index (χ0n) is 13.4. The first-order chi connectivity index (χ1) is 9.43. The van der Waals surface area contributed by atoms with Crippen LogP contribution in [0.5, 0.6) is 0 Å². The van der Waals surface area contributed by atoms with E-state index >= 15 is 0 Å². The summed E-state index contributed by atoms with van der Waals surface area (Å²) in [4.78, 5) is 11.7. The van der Waals surface area contributed by atoms with Crippen molar-refractivity contribution in [3.05, 3.63) is 35.4 Å². The third kappa shape index (κ3) is 8.08. The SMILES string of the molecule is CC(C)(C)c1ccc(CCC(=O)NCCCCN)cc1.Cl. The first-order valence-electron chi connectivity index (χ1n) is 7.49. The van der Waals surface area contributed by atoms with E-state index in [1.54, 1.807) is 0 Å². The topological polar surface area (TPSA) is 55.1 Å². The van der Waals surface area contributed by atoms with Crippen molar-refractivity contribution in [2.75, 3.05) is 13.1 Å². The normalized spacial score (nSPS) is 10.9. The average molecular weight is 313 g/mol. The molecule has 0 spiro atoms. The molecule has 0 aliphatic rings. The summed E-state index contributed by atoms with van der Waals surface area (Å²) >= 11 is 0. The van der Waals surface area contributed by atoms with Gasteiger partial charge in [-0.05, 0) is 42.3 Å². The van der Waals surface area contributed by atoms with Gasteiger partial charge >= 0.3 is 0 Å². The summed E-state index contributed by atoms with van der Waals surface area (Å²) in [5.74, 6) is 0.127. The Balaban J connectivity index is 0.00000400. The van der Waals surface area contributed by atoms with Gasteiger partial charge in [-0.1, -0.05) is 45.0 Å². The molecule has 0 saturated carbocycles. The van der Waals surface area contributed by atoms with Crippen molar-refractivity contribution in [3.8, 4) is 0 Å². The Hall–Kier alpha value is -1.06. The molecule has 0 unspecified atom stereocenters. The Bertz CT molecular complexity index is 410. The molecule has 1 amide bonds. The van der Waals surface area contributed by atoms with Crippen molar-refractivity contribution in [1.29, 1.82) is 0 Å². The van der Waals surface area contributed by atoms with Crippen molar-refractivity contribution in [2.45, 2.75) is 51.9 Å². The van der Waals surface area contributed by atoms with Gasteiger partial charge in [-0.3, -0.25) is 4.79 Å². The van der Waals surface area contributed by atoms with Crippen molar-refractivity contribution in [1.82, 2.24) is 5.32 Å². The lowest BCUT2D eigenvalue weighted by Crippen LogP contribution is -2.25. The summed E-state index contributed by atoms with van der Waals surface area (Å²) < 4.78 is 0. The monoisotopic (exact) mass is 312 g/mol. The van der Waals surface area contributed by atoms with Gasteiger partial charge in [0.1, 0.15) is 0 Å². The molecule has 0 fully saturated rings. The summed E-state index contributed by atoms with van der Waals surface area (Å²) in [6.45, 7) is 8.04. The van der Waals surface area contributed by atoms with Crippen LogP contribution in [0.25, 0.3) is 0 Å². The minimum atomic E-state index is 0. The highest BCUT2D eigenvalue weighted by Crippen LogP contribution is 2.22. The maximum absolute atomic E-state index is 11.7. The second-order valence-electron chi connectivity index (χ2n) is 6.29. The molecule has 0 radical (unpaired) electrons. The van der Waals surface area contributed by atoms with E-state index in [0.717, 1.165) is 25.8 Å². The zero-order valence-corrected chi connectivity index (χ0v) is 14.3. The standard InChI is InChI=1S/C17H28N2O.ClH/c1-17(2,3)15-9-6-14(7-10-15)8-11-16(20)19-13-5-4-12-18;/h6-7,9-10H,4-5,8,11-13,18H2,1-3H3,(H,19,20);1H. The minimum absolute atomic E-state index is 0. The van der Waals surface area contributed by atoms with Crippen LogP contribution in [-0.4, -0.2) is 19.0 Å². The fraction of sp³-hybridized carbons (Fsp3) is 0.588. The molecule has 1 aromatic rings. The van der Waals surface area contributed by atoms with E-state index in [0.29, 0.717) is 13.0 Å². The number of aryl methyl sites for hydroxylation is 1. The number of hydrogen-bond acceptors (Lipinski definition) is 2. The highest BCUT2D eigenvalue weighted by atomic mass is 35.5. The van der Waals surface area contributed by atoms with E-state index in [4.69, 9.17) is 5.73 Å². The summed E-state index contributed by atoms with van der Waals surface area (Å²) in [5.41, 5.74) is 8.13. The molecule has 3 N–H and O–H groups in total. The Morgan fingerprint density at radius 1 is 1.14 bits per heavy atom. The predicted octanol–water partition coefficient (Wildman–Crippen LogP) is 3.19. The molecule has 0 aromatic heterocycles. The van der Waals surface area contributed by atoms with Crippen molar-refractivity contribution in [3.63, 3.8) is 0 Å². The zero-order chi connectivity index (χ0) is 15.0. The molecule has 1 aromatic carbocycles. The first kappa shape index (κ1) is 19.9. The number of carbonyl (C=O) groups is 1. The maximum atomic E-state index is 11.7. The molecule has 0 saturated heterocycles. The highest BCUT2D eigenvalue weighted by Gasteiger charge is 2.12. The molecule has 0 aliphatic heterocycles. The molecule has 0 heterocycles. The van der Waals surface area contributed by atoms with Crippen LogP contribution < -0.4 is 11.1 Å². The van der Waals surface area contributed by atoms with E-state index in [9.17, 15) is 4.79 Å². The van der Waals surface area contributed by atoms with Gasteiger partial charge in [0.25, 0.3) is 0 Å². The van der Waals surface area contributed by atoms with Crippen LogP contribution in [0.3, 0.4) is 0 Å². The second-order valence-corrected chi connectivity index (χ2v) is 6.29. The van der Waals surface area contributed by atoms with Crippen LogP contribution in [0.4, 0.5) is 0 Å². The number of carbonyl (C=O) groups excluding carboxylic acids is 1. The lowest BCUT2D eigenvalue weighted by atomic mass is 9.86. The molecular weight excluding hydrogens is 284 g/mol. The largest absolute Gasteiger partial charge is 0.356 e. The fourth-order valence-electron chi connectivity index (χ4n) is 2.01. The fourth-order valence-corrected chi connectivity index (χ4v) is 2.01. The molecular formula is C17H29ClN2O. The van der Waals surface area contributed by atoms with Crippen molar-refractivity contribution < 1.29 is 4.79 Å². The predicted molar refractivity (Wildman–Crippen MR) is 92.0 cm³/mol. The average Bonchev–Trinajstić information content (AvgIpc) is 2.41. The number of nitrogens with one attached hydrogen (secondary N) is 1. The first-order valence-corrected chi connectivity index (χ1v) is 7.49. The smallest absolute Gasteiger partial charge is 0.220 e. The lowest BCUT2D eigenvalue weighted by molar-refractivity contribution is -0.121. The summed E-state index contributed by atoms with van der Waals surface area (Å²) in [7, 11) is 0. The number of nitrogens with two attached hydrogens (primary N) is 1. The third-order valence-electron chi connectivity index (χ3n) is 3.41. The van der Waals surface area contributed by atoms with Crippen LogP contribution in [0.2, 0.25) is 0 Å². The van der Waals surface area contributed by atoms with Gasteiger partial charge in [-0.2, -0.15) is 0 Å². The highest BCUT2D eigenvalue weighted by molar-refractivity contribution is 5.85. The van der Waals surface area contributed by atoms with Gasteiger partial charge in [0, 0.05) is 13.0 Å². The molecule has 3 nitrogen and oxygen atoms in total. The molecule has 0 aliphatic carbocycles. The molecule has 0 atom stereocenters. The van der Waals surface area contributed by atoms with Crippen molar-refractivity contribution >= 4 is 18.3 Å². The Morgan fingerprint density at radius 2 is 1.76 bits per heavy atom. The summed E-state index contributed by atoms with van der Waals surface area (Å²) in [5, 5.41) is 2.93. The van der Waals surface area contributed by atoms with Gasteiger partial charge < -0.3 is 11.1 Å². The Morgan fingerprint density at radius 3 is 2.29 bits per heavy atom. The van der Waals surface area contributed by atoms with Gasteiger partial charge in [0.2, 0.25) is 5.91 Å². The lowest BCUT2D eigenvalue weighted by Gasteiger charge is -2.19. The van der Waals surface area contributed by atoms with E-state index < -0.39 is 0 Å². The van der Waals surface area contributed by atoms with E-state index in [-0.39, 0.29) is 23.7 Å². The van der Waals surface area contributed by atoms with Gasteiger partial charge in [-0.15, -0.1) is 12.4 Å². The van der Waals surface area contributed by atoms with Crippen LogP contribution >= 0.6 is 12.4 Å². The van der Waals surface area contributed by atoms with Gasteiger partial charge in [0.15, 0.2) is 0 Å². The number of unbranched alkanes of at least 4 members (excludes halogenated alkanes) is 1. The number of benzene rings is 1. The number of hydrogen-bond donors (Lipinski definition) is 2. The maximum Gasteiger partial charge on any atom is 0.220 e. The number of amides is 1. The Kier molecular flexibility index (Phi) is 9.31. The van der Waals surface area contributed by atoms with Crippen molar-refractivity contribution in [2.24, 2.45) is 5.73 Å². The molecule has 21 heavy (non-hydrogen) atoms. The van der Waals surface area contributed by atoms with Crippen LogP contribution in [0, 0.1) is 0 Å². The molecule has 120 valence electrons. The van der Waals surface area contributed by atoms with Gasteiger partial charge in [-0.25, -0.2) is 0 Å². The van der Waals surface area contributed by atoms with Gasteiger partial charge in [0.05, 0.1) is 0 Å². The summed E-state index contributed by atoms with van der Waals surface area (Å²) in [6, 6.07) is 8.58. The Labute approximate surface area is 135 Å². The molecule has 4 heteroatoms. The van der Waals surface area contributed by atoms with E-state index in [2.05, 4.69) is 50.4 Å². The summed E-state index contributed by atoms with van der Waals surface area (Å²) in [6.07, 6.45) is 3.28. The van der Waals surface area contributed by atoms with E-state index in [1.807, 2.05) is 0 Å².